The van der Waals surface area contributed by atoms with Crippen molar-refractivity contribution in [2.75, 3.05) is 0 Å². The van der Waals surface area contributed by atoms with Gasteiger partial charge in [-0.3, -0.25) is 9.59 Å². The van der Waals surface area contributed by atoms with Gasteiger partial charge in [0.1, 0.15) is 0 Å². The molecule has 0 heterocycles. The zero-order valence-corrected chi connectivity index (χ0v) is 13.1. The SMILES string of the molecule is CCCC(C)(C)C(C(=O)O)C(C)C(C(N)=O)C(C)C. The molecule has 0 aromatic rings. The number of hydrogen-bond donors (Lipinski definition) is 2. The molecule has 0 rings (SSSR count). The van der Waals surface area contributed by atoms with E-state index in [0.29, 0.717) is 0 Å². The van der Waals surface area contributed by atoms with Crippen molar-refractivity contribution in [2.45, 2.75) is 54.4 Å². The quantitative estimate of drug-likeness (QED) is 0.712. The standard InChI is InChI=1S/C15H29NO3/c1-7-8-15(5,6)12(14(18)19)10(4)11(9(2)3)13(16)17/h9-12H,7-8H2,1-6H3,(H2,16,17)(H,18,19). The highest BCUT2D eigenvalue weighted by molar-refractivity contribution is 5.79. The van der Waals surface area contributed by atoms with E-state index in [9.17, 15) is 14.7 Å². The van der Waals surface area contributed by atoms with Crippen LogP contribution in [0.3, 0.4) is 0 Å². The molecule has 0 spiro atoms. The van der Waals surface area contributed by atoms with E-state index in [2.05, 4.69) is 0 Å². The van der Waals surface area contributed by atoms with E-state index in [4.69, 9.17) is 5.73 Å². The number of primary amides is 1. The van der Waals surface area contributed by atoms with Crippen molar-refractivity contribution >= 4 is 11.9 Å². The molecule has 4 heteroatoms. The third-order valence-electron chi connectivity index (χ3n) is 4.14. The minimum atomic E-state index is -0.835. The largest absolute Gasteiger partial charge is 0.481 e. The number of carboxylic acid groups (broad SMARTS) is 1. The van der Waals surface area contributed by atoms with Crippen LogP contribution < -0.4 is 5.73 Å². The number of amides is 1. The predicted molar refractivity (Wildman–Crippen MR) is 76.5 cm³/mol. The van der Waals surface area contributed by atoms with Crippen LogP contribution in [-0.2, 0) is 9.59 Å². The van der Waals surface area contributed by atoms with Crippen molar-refractivity contribution < 1.29 is 14.7 Å². The molecule has 0 aliphatic carbocycles. The first kappa shape index (κ1) is 17.9. The maximum Gasteiger partial charge on any atom is 0.307 e. The minimum Gasteiger partial charge on any atom is -0.481 e. The Bertz CT molecular complexity index is 323. The van der Waals surface area contributed by atoms with Gasteiger partial charge < -0.3 is 10.8 Å². The second-order valence-corrected chi connectivity index (χ2v) is 6.59. The normalized spacial score (nSPS) is 17.0. The summed E-state index contributed by atoms with van der Waals surface area (Å²) < 4.78 is 0. The smallest absolute Gasteiger partial charge is 0.307 e. The van der Waals surface area contributed by atoms with E-state index in [0.717, 1.165) is 12.8 Å². The molecule has 0 fully saturated rings. The second kappa shape index (κ2) is 6.92. The summed E-state index contributed by atoms with van der Waals surface area (Å²) in [6, 6.07) is 0. The summed E-state index contributed by atoms with van der Waals surface area (Å²) >= 11 is 0. The molecule has 0 aromatic carbocycles. The molecule has 4 nitrogen and oxygen atoms in total. The lowest BCUT2D eigenvalue weighted by atomic mass is 9.64. The second-order valence-electron chi connectivity index (χ2n) is 6.59. The molecule has 1 amide bonds. The summed E-state index contributed by atoms with van der Waals surface area (Å²) in [7, 11) is 0. The third-order valence-corrected chi connectivity index (χ3v) is 4.14. The average Bonchev–Trinajstić information content (AvgIpc) is 2.13. The number of carboxylic acids is 1. The molecule has 0 aliphatic rings. The first-order valence-electron chi connectivity index (χ1n) is 7.08. The van der Waals surface area contributed by atoms with Crippen LogP contribution in [0.2, 0.25) is 0 Å². The van der Waals surface area contributed by atoms with Crippen LogP contribution in [0.15, 0.2) is 0 Å². The van der Waals surface area contributed by atoms with E-state index < -0.39 is 23.7 Å². The van der Waals surface area contributed by atoms with Gasteiger partial charge >= 0.3 is 5.97 Å². The Morgan fingerprint density at radius 2 is 1.68 bits per heavy atom. The van der Waals surface area contributed by atoms with Gasteiger partial charge in [0, 0.05) is 5.92 Å². The maximum atomic E-state index is 11.7. The summed E-state index contributed by atoms with van der Waals surface area (Å²) in [6.45, 7) is 11.6. The van der Waals surface area contributed by atoms with E-state index in [1.54, 1.807) is 0 Å². The van der Waals surface area contributed by atoms with Gasteiger partial charge in [0.2, 0.25) is 5.91 Å². The highest BCUT2D eigenvalue weighted by Crippen LogP contribution is 2.41. The number of carbonyl (C=O) groups excluding carboxylic acids is 1. The van der Waals surface area contributed by atoms with E-state index >= 15 is 0 Å². The van der Waals surface area contributed by atoms with Gasteiger partial charge in [-0.2, -0.15) is 0 Å². The van der Waals surface area contributed by atoms with E-state index in [1.807, 2.05) is 41.5 Å². The van der Waals surface area contributed by atoms with Crippen LogP contribution in [0.25, 0.3) is 0 Å². The number of hydrogen-bond acceptors (Lipinski definition) is 2. The Kier molecular flexibility index (Phi) is 6.53. The first-order valence-corrected chi connectivity index (χ1v) is 7.08. The third kappa shape index (κ3) is 4.51. The summed E-state index contributed by atoms with van der Waals surface area (Å²) in [5.74, 6) is -2.42. The molecule has 3 N–H and O–H groups in total. The van der Waals surface area contributed by atoms with Gasteiger partial charge in [0.25, 0.3) is 0 Å². The molecule has 0 saturated carbocycles. The molecule has 3 unspecified atom stereocenters. The fourth-order valence-corrected chi connectivity index (χ4v) is 3.47. The number of nitrogens with two attached hydrogens (primary N) is 1. The van der Waals surface area contributed by atoms with Crippen molar-refractivity contribution in [1.29, 1.82) is 0 Å². The minimum absolute atomic E-state index is 0.0479. The van der Waals surface area contributed by atoms with Crippen LogP contribution in [0.4, 0.5) is 0 Å². The average molecular weight is 271 g/mol. The van der Waals surface area contributed by atoms with Crippen LogP contribution >= 0.6 is 0 Å². The fourth-order valence-electron chi connectivity index (χ4n) is 3.47. The lowest BCUT2D eigenvalue weighted by molar-refractivity contribution is -0.151. The molecule has 0 aliphatic heterocycles. The van der Waals surface area contributed by atoms with Crippen molar-refractivity contribution in [3.05, 3.63) is 0 Å². The molecular formula is C15H29NO3. The Balaban J connectivity index is 5.40. The summed E-state index contributed by atoms with van der Waals surface area (Å²) in [4.78, 5) is 23.3. The molecule has 112 valence electrons. The summed E-state index contributed by atoms with van der Waals surface area (Å²) in [5.41, 5.74) is 5.12. The maximum absolute atomic E-state index is 11.7. The van der Waals surface area contributed by atoms with Gasteiger partial charge in [-0.25, -0.2) is 0 Å². The van der Waals surface area contributed by atoms with E-state index in [1.165, 1.54) is 0 Å². The number of aliphatic carboxylic acids is 1. The van der Waals surface area contributed by atoms with Gasteiger partial charge in [-0.05, 0) is 23.7 Å². The topological polar surface area (TPSA) is 80.4 Å². The van der Waals surface area contributed by atoms with Gasteiger partial charge in [0.15, 0.2) is 0 Å². The van der Waals surface area contributed by atoms with Crippen molar-refractivity contribution in [1.82, 2.24) is 0 Å². The summed E-state index contributed by atoms with van der Waals surface area (Å²) in [5, 5.41) is 9.57. The highest BCUT2D eigenvalue weighted by Gasteiger charge is 2.43. The number of rotatable bonds is 8. The zero-order chi connectivity index (χ0) is 15.4. The molecule has 19 heavy (non-hydrogen) atoms. The molecule has 3 atom stereocenters. The van der Waals surface area contributed by atoms with Crippen LogP contribution in [0, 0.1) is 29.1 Å². The highest BCUT2D eigenvalue weighted by atomic mass is 16.4. The molecule has 0 radical (unpaired) electrons. The monoisotopic (exact) mass is 271 g/mol. The molecule has 0 aromatic heterocycles. The summed E-state index contributed by atoms with van der Waals surface area (Å²) in [6.07, 6.45) is 1.74. The van der Waals surface area contributed by atoms with E-state index in [-0.39, 0.29) is 17.3 Å². The van der Waals surface area contributed by atoms with Crippen LogP contribution in [0.1, 0.15) is 54.4 Å². The van der Waals surface area contributed by atoms with Crippen molar-refractivity contribution in [2.24, 2.45) is 34.8 Å². The Hall–Kier alpha value is -1.06. The zero-order valence-electron chi connectivity index (χ0n) is 13.1. The molecule has 0 saturated heterocycles. The number of carbonyl (C=O) groups is 2. The van der Waals surface area contributed by atoms with Crippen molar-refractivity contribution in [3.8, 4) is 0 Å². The predicted octanol–water partition coefficient (Wildman–Crippen LogP) is 2.91. The Morgan fingerprint density at radius 3 is 1.95 bits per heavy atom. The Labute approximate surface area is 116 Å². The fraction of sp³-hybridized carbons (Fsp3) is 0.867. The van der Waals surface area contributed by atoms with Crippen LogP contribution in [-0.4, -0.2) is 17.0 Å². The lowest BCUT2D eigenvalue weighted by Crippen LogP contribution is -2.44. The lowest BCUT2D eigenvalue weighted by Gasteiger charge is -2.39. The van der Waals surface area contributed by atoms with Crippen LogP contribution in [0.5, 0.6) is 0 Å². The van der Waals surface area contributed by atoms with Gasteiger partial charge in [-0.1, -0.05) is 48.0 Å². The van der Waals surface area contributed by atoms with Gasteiger partial charge in [-0.15, -0.1) is 0 Å². The Morgan fingerprint density at radius 1 is 1.21 bits per heavy atom. The van der Waals surface area contributed by atoms with Gasteiger partial charge in [0.05, 0.1) is 5.92 Å². The molecule has 0 bridgehead atoms. The van der Waals surface area contributed by atoms with Crippen molar-refractivity contribution in [3.63, 3.8) is 0 Å². The molecular weight excluding hydrogens is 242 g/mol. The first-order chi connectivity index (χ1) is 8.56.